The summed E-state index contributed by atoms with van der Waals surface area (Å²) in [5.41, 5.74) is 6.18. The van der Waals surface area contributed by atoms with Crippen molar-refractivity contribution in [3.63, 3.8) is 0 Å². The molecule has 0 unspecified atom stereocenters. The molecule has 0 aliphatic heterocycles. The molecule has 118 valence electrons. The van der Waals surface area contributed by atoms with Gasteiger partial charge in [-0.1, -0.05) is 0 Å². The molecule has 0 bridgehead atoms. The number of hydrogen-bond donors (Lipinski definition) is 2. The number of nitrogens with zero attached hydrogens (tertiary/aromatic N) is 1. The number of sulfone groups is 1. The van der Waals surface area contributed by atoms with Crippen molar-refractivity contribution in [1.29, 1.82) is 0 Å². The topological polar surface area (TPSA) is 92.5 Å². The molecule has 0 radical (unpaired) electrons. The summed E-state index contributed by atoms with van der Waals surface area (Å²) in [6.07, 6.45) is 2.94. The third-order valence-corrected chi connectivity index (χ3v) is 4.03. The Morgan fingerprint density at radius 2 is 1.90 bits per heavy atom. The minimum absolute atomic E-state index is 0.0558. The maximum Gasteiger partial charge on any atom is 0.251 e. The molecule has 3 N–H and O–H groups in total. The molecule has 0 spiro atoms. The second-order valence-corrected chi connectivity index (χ2v) is 7.34. The van der Waals surface area contributed by atoms with Gasteiger partial charge in [-0.3, -0.25) is 4.79 Å². The highest BCUT2D eigenvalue weighted by Gasteiger charge is 2.13. The Hall–Kier alpha value is -1.60. The van der Waals surface area contributed by atoms with E-state index in [0.717, 1.165) is 25.6 Å². The smallest absolute Gasteiger partial charge is 0.251 e. The summed E-state index contributed by atoms with van der Waals surface area (Å²) in [7, 11) is 0.611. The van der Waals surface area contributed by atoms with E-state index in [1.54, 1.807) is 0 Å². The Balaban J connectivity index is 2.64. The van der Waals surface area contributed by atoms with Crippen LogP contribution in [0.1, 0.15) is 23.2 Å². The molecule has 1 aromatic rings. The molecule has 0 aliphatic rings. The first-order valence-electron chi connectivity index (χ1n) is 6.73. The number of benzene rings is 1. The standard InChI is InChI=1S/C14H23N3O3S/c1-17(2)7-5-4-6-16-14(18)11-8-12(15)10-13(9-11)21(3,19)20/h8-10H,4-7,15H2,1-3H3,(H,16,18). The average molecular weight is 313 g/mol. The first-order chi connectivity index (χ1) is 9.70. The molecule has 0 saturated heterocycles. The van der Waals surface area contributed by atoms with Crippen molar-refractivity contribution in [2.24, 2.45) is 0 Å². The Bertz CT molecular complexity index is 597. The lowest BCUT2D eigenvalue weighted by Gasteiger charge is -2.10. The molecule has 0 aromatic heterocycles. The molecule has 0 heterocycles. The predicted molar refractivity (Wildman–Crippen MR) is 84.1 cm³/mol. The van der Waals surface area contributed by atoms with Crippen LogP contribution in [0.2, 0.25) is 0 Å². The summed E-state index contributed by atoms with van der Waals surface area (Å²) in [6.45, 7) is 1.52. The number of nitrogens with one attached hydrogen (secondary N) is 1. The number of rotatable bonds is 7. The largest absolute Gasteiger partial charge is 0.399 e. The molecular weight excluding hydrogens is 290 g/mol. The van der Waals surface area contributed by atoms with Crippen molar-refractivity contribution >= 4 is 21.4 Å². The quantitative estimate of drug-likeness (QED) is 0.572. The van der Waals surface area contributed by atoms with Crippen molar-refractivity contribution in [1.82, 2.24) is 10.2 Å². The fourth-order valence-corrected chi connectivity index (χ4v) is 2.52. The van der Waals surface area contributed by atoms with Gasteiger partial charge in [-0.2, -0.15) is 0 Å². The molecule has 6 nitrogen and oxygen atoms in total. The normalized spacial score (nSPS) is 11.6. The van der Waals surface area contributed by atoms with E-state index in [-0.39, 0.29) is 22.1 Å². The zero-order valence-electron chi connectivity index (χ0n) is 12.7. The Morgan fingerprint density at radius 3 is 2.48 bits per heavy atom. The van der Waals surface area contributed by atoms with E-state index < -0.39 is 9.84 Å². The van der Waals surface area contributed by atoms with Crippen LogP contribution in [-0.4, -0.2) is 52.7 Å². The second kappa shape index (κ2) is 7.42. The van der Waals surface area contributed by atoms with Gasteiger partial charge >= 0.3 is 0 Å². The summed E-state index contributed by atoms with van der Waals surface area (Å²) >= 11 is 0. The lowest BCUT2D eigenvalue weighted by Crippen LogP contribution is -2.25. The number of hydrogen-bond acceptors (Lipinski definition) is 5. The first kappa shape index (κ1) is 17.5. The van der Waals surface area contributed by atoms with Gasteiger partial charge < -0.3 is 16.0 Å². The second-order valence-electron chi connectivity index (χ2n) is 5.33. The number of unbranched alkanes of at least 4 members (excludes halogenated alkanes) is 1. The molecule has 1 amide bonds. The van der Waals surface area contributed by atoms with Crippen LogP contribution >= 0.6 is 0 Å². The van der Waals surface area contributed by atoms with Crippen LogP contribution in [0, 0.1) is 0 Å². The molecule has 0 fully saturated rings. The van der Waals surface area contributed by atoms with Crippen molar-refractivity contribution in [2.45, 2.75) is 17.7 Å². The number of amides is 1. The monoisotopic (exact) mass is 313 g/mol. The SMILES string of the molecule is CN(C)CCCCNC(=O)c1cc(N)cc(S(C)(=O)=O)c1. The van der Waals surface area contributed by atoms with Crippen LogP contribution in [0.3, 0.4) is 0 Å². The molecule has 1 aromatic carbocycles. The van der Waals surface area contributed by atoms with E-state index in [9.17, 15) is 13.2 Å². The van der Waals surface area contributed by atoms with Crippen molar-refractivity contribution in [3.8, 4) is 0 Å². The Kier molecular flexibility index (Phi) is 6.17. The van der Waals surface area contributed by atoms with Gasteiger partial charge in [0.05, 0.1) is 4.90 Å². The maximum absolute atomic E-state index is 12.0. The van der Waals surface area contributed by atoms with Crippen molar-refractivity contribution < 1.29 is 13.2 Å². The van der Waals surface area contributed by atoms with Gasteiger partial charge in [0, 0.05) is 24.1 Å². The summed E-state index contributed by atoms with van der Waals surface area (Å²) in [4.78, 5) is 14.1. The first-order valence-corrected chi connectivity index (χ1v) is 8.63. The highest BCUT2D eigenvalue weighted by atomic mass is 32.2. The molecule has 21 heavy (non-hydrogen) atoms. The third kappa shape index (κ3) is 6.14. The van der Waals surface area contributed by atoms with Crippen molar-refractivity contribution in [2.75, 3.05) is 39.2 Å². The van der Waals surface area contributed by atoms with Gasteiger partial charge in [-0.25, -0.2) is 8.42 Å². The minimum atomic E-state index is -3.39. The van der Waals surface area contributed by atoms with Gasteiger partial charge in [0.25, 0.3) is 5.91 Å². The number of carbonyl (C=O) groups is 1. The number of carbonyl (C=O) groups excluding carboxylic acids is 1. The van der Waals surface area contributed by atoms with Crippen LogP contribution in [0.5, 0.6) is 0 Å². The van der Waals surface area contributed by atoms with Crippen LogP contribution < -0.4 is 11.1 Å². The van der Waals surface area contributed by atoms with E-state index >= 15 is 0 Å². The zero-order chi connectivity index (χ0) is 16.0. The van der Waals surface area contributed by atoms with E-state index in [1.165, 1.54) is 18.2 Å². The van der Waals surface area contributed by atoms with E-state index in [1.807, 2.05) is 14.1 Å². The molecule has 0 aliphatic carbocycles. The molecule has 0 atom stereocenters. The zero-order valence-corrected chi connectivity index (χ0v) is 13.5. The molecule has 7 heteroatoms. The predicted octanol–water partition coefficient (Wildman–Crippen LogP) is 0.744. The minimum Gasteiger partial charge on any atom is -0.399 e. The summed E-state index contributed by atoms with van der Waals surface area (Å²) in [6, 6.07) is 4.17. The van der Waals surface area contributed by atoms with Crippen molar-refractivity contribution in [3.05, 3.63) is 23.8 Å². The Labute approximate surface area is 126 Å². The molecule has 1 rings (SSSR count). The highest BCUT2D eigenvalue weighted by Crippen LogP contribution is 2.16. The summed E-state index contributed by atoms with van der Waals surface area (Å²) in [5, 5.41) is 2.77. The van der Waals surface area contributed by atoms with E-state index in [4.69, 9.17) is 5.73 Å². The average Bonchev–Trinajstić information content (AvgIpc) is 2.36. The lowest BCUT2D eigenvalue weighted by molar-refractivity contribution is 0.0952. The third-order valence-electron chi connectivity index (χ3n) is 2.94. The fraction of sp³-hybridized carbons (Fsp3) is 0.500. The van der Waals surface area contributed by atoms with Gasteiger partial charge in [-0.05, 0) is 51.7 Å². The van der Waals surface area contributed by atoms with E-state index in [2.05, 4.69) is 10.2 Å². The van der Waals surface area contributed by atoms with Gasteiger partial charge in [0.2, 0.25) is 0 Å². The number of nitrogens with two attached hydrogens (primary N) is 1. The number of nitrogen functional groups attached to an aromatic ring is 1. The fourth-order valence-electron chi connectivity index (χ4n) is 1.82. The summed E-state index contributed by atoms with van der Waals surface area (Å²) < 4.78 is 23.1. The van der Waals surface area contributed by atoms with E-state index in [0.29, 0.717) is 6.54 Å². The molecule has 0 saturated carbocycles. The lowest BCUT2D eigenvalue weighted by atomic mass is 10.2. The molecular formula is C14H23N3O3S. The number of anilines is 1. The summed E-state index contributed by atoms with van der Waals surface area (Å²) in [5.74, 6) is -0.308. The maximum atomic E-state index is 12.0. The highest BCUT2D eigenvalue weighted by molar-refractivity contribution is 7.90. The van der Waals surface area contributed by atoms with Crippen LogP contribution in [0.25, 0.3) is 0 Å². The van der Waals surface area contributed by atoms with Gasteiger partial charge in [-0.15, -0.1) is 0 Å². The van der Waals surface area contributed by atoms with Gasteiger partial charge in [0.15, 0.2) is 9.84 Å². The van der Waals surface area contributed by atoms with Crippen LogP contribution in [-0.2, 0) is 9.84 Å². The van der Waals surface area contributed by atoms with Crippen LogP contribution in [0.4, 0.5) is 5.69 Å². The Morgan fingerprint density at radius 1 is 1.24 bits per heavy atom. The van der Waals surface area contributed by atoms with Crippen LogP contribution in [0.15, 0.2) is 23.1 Å². The van der Waals surface area contributed by atoms with Gasteiger partial charge in [0.1, 0.15) is 0 Å².